The van der Waals surface area contributed by atoms with Crippen molar-refractivity contribution in [3.8, 4) is 0 Å². The number of ether oxygens (including phenoxy) is 4. The number of hydrogen-bond donors (Lipinski definition) is 0. The smallest absolute Gasteiger partial charge is 0.303 e. The van der Waals surface area contributed by atoms with Crippen LogP contribution in [-0.4, -0.2) is 43.3 Å². The highest BCUT2D eigenvalue weighted by Crippen LogP contribution is 2.44. The van der Waals surface area contributed by atoms with Crippen molar-refractivity contribution in [3.63, 3.8) is 0 Å². The summed E-state index contributed by atoms with van der Waals surface area (Å²) < 4.78 is 22.2. The standard InChI is InChI=1S/C11H16O5/c1-7(12)15-10-9-8(16-9)6-14-11(10)4-2-3-5-13-11/h8-10H,2-6H2,1H3/t8-,9-,10+,11+/m1/s1. The number of epoxide rings is 1. The van der Waals surface area contributed by atoms with Crippen molar-refractivity contribution < 1.29 is 23.7 Å². The molecule has 3 aliphatic heterocycles. The number of fused-ring (bicyclic) bond motifs is 1. The van der Waals surface area contributed by atoms with Gasteiger partial charge in [-0.25, -0.2) is 0 Å². The van der Waals surface area contributed by atoms with Crippen molar-refractivity contribution in [1.29, 1.82) is 0 Å². The third kappa shape index (κ3) is 1.63. The van der Waals surface area contributed by atoms with Gasteiger partial charge in [0.25, 0.3) is 0 Å². The topological polar surface area (TPSA) is 57.3 Å². The lowest BCUT2D eigenvalue weighted by atomic mass is 9.94. The molecule has 5 heteroatoms. The average molecular weight is 228 g/mol. The first-order valence-electron chi connectivity index (χ1n) is 5.82. The second-order valence-electron chi connectivity index (χ2n) is 4.60. The van der Waals surface area contributed by atoms with Gasteiger partial charge in [-0.15, -0.1) is 0 Å². The first-order chi connectivity index (χ1) is 7.71. The van der Waals surface area contributed by atoms with E-state index in [1.54, 1.807) is 0 Å². The average Bonchev–Trinajstić information content (AvgIpc) is 3.03. The highest BCUT2D eigenvalue weighted by atomic mass is 16.8. The zero-order chi connectivity index (χ0) is 11.2. The van der Waals surface area contributed by atoms with Crippen LogP contribution in [0.15, 0.2) is 0 Å². The molecule has 3 saturated heterocycles. The van der Waals surface area contributed by atoms with E-state index < -0.39 is 11.9 Å². The fourth-order valence-electron chi connectivity index (χ4n) is 2.58. The fraction of sp³-hybridized carbons (Fsp3) is 0.909. The van der Waals surface area contributed by atoms with E-state index in [1.807, 2.05) is 0 Å². The Morgan fingerprint density at radius 3 is 2.94 bits per heavy atom. The van der Waals surface area contributed by atoms with Crippen LogP contribution in [0.25, 0.3) is 0 Å². The Bertz CT molecular complexity index is 297. The van der Waals surface area contributed by atoms with Gasteiger partial charge in [-0.05, 0) is 12.8 Å². The largest absolute Gasteiger partial charge is 0.454 e. The van der Waals surface area contributed by atoms with Crippen LogP contribution < -0.4 is 0 Å². The van der Waals surface area contributed by atoms with Crippen LogP contribution >= 0.6 is 0 Å². The van der Waals surface area contributed by atoms with E-state index in [0.717, 1.165) is 19.3 Å². The first kappa shape index (κ1) is 10.5. The first-order valence-corrected chi connectivity index (χ1v) is 5.82. The van der Waals surface area contributed by atoms with Gasteiger partial charge in [-0.2, -0.15) is 0 Å². The summed E-state index contributed by atoms with van der Waals surface area (Å²) in [6, 6.07) is 0. The molecule has 5 nitrogen and oxygen atoms in total. The fourth-order valence-corrected chi connectivity index (χ4v) is 2.58. The van der Waals surface area contributed by atoms with Crippen LogP contribution in [0.4, 0.5) is 0 Å². The van der Waals surface area contributed by atoms with Gasteiger partial charge in [-0.3, -0.25) is 4.79 Å². The Balaban J connectivity index is 1.80. The van der Waals surface area contributed by atoms with Gasteiger partial charge >= 0.3 is 5.97 Å². The van der Waals surface area contributed by atoms with Gasteiger partial charge in [0.05, 0.1) is 13.2 Å². The van der Waals surface area contributed by atoms with Gasteiger partial charge in [0, 0.05) is 13.3 Å². The monoisotopic (exact) mass is 228 g/mol. The van der Waals surface area contributed by atoms with E-state index in [9.17, 15) is 4.79 Å². The molecule has 0 aromatic heterocycles. The summed E-state index contributed by atoms with van der Waals surface area (Å²) in [5.74, 6) is -1.06. The minimum Gasteiger partial charge on any atom is -0.454 e. The van der Waals surface area contributed by atoms with Crippen molar-refractivity contribution in [2.24, 2.45) is 0 Å². The molecule has 4 atom stereocenters. The summed E-state index contributed by atoms with van der Waals surface area (Å²) in [7, 11) is 0. The van der Waals surface area contributed by atoms with Crippen LogP contribution in [-0.2, 0) is 23.7 Å². The van der Waals surface area contributed by atoms with Crippen LogP contribution in [0.3, 0.4) is 0 Å². The van der Waals surface area contributed by atoms with Crippen molar-refractivity contribution in [3.05, 3.63) is 0 Å². The second-order valence-corrected chi connectivity index (χ2v) is 4.60. The molecule has 16 heavy (non-hydrogen) atoms. The lowest BCUT2D eigenvalue weighted by Gasteiger charge is -2.43. The van der Waals surface area contributed by atoms with E-state index in [2.05, 4.69) is 0 Å². The molecular weight excluding hydrogens is 212 g/mol. The maximum absolute atomic E-state index is 11.1. The van der Waals surface area contributed by atoms with Gasteiger partial charge in [-0.1, -0.05) is 0 Å². The highest BCUT2D eigenvalue weighted by molar-refractivity contribution is 5.66. The minimum atomic E-state index is -0.748. The molecule has 0 N–H and O–H groups in total. The predicted molar refractivity (Wildman–Crippen MR) is 52.7 cm³/mol. The van der Waals surface area contributed by atoms with Gasteiger partial charge < -0.3 is 18.9 Å². The lowest BCUT2D eigenvalue weighted by Crippen LogP contribution is -2.57. The Morgan fingerprint density at radius 1 is 1.38 bits per heavy atom. The molecular formula is C11H16O5. The van der Waals surface area contributed by atoms with E-state index in [4.69, 9.17) is 18.9 Å². The van der Waals surface area contributed by atoms with Crippen LogP contribution in [0.2, 0.25) is 0 Å². The number of carbonyl (C=O) groups excluding carboxylic acids is 1. The molecule has 0 saturated carbocycles. The highest BCUT2D eigenvalue weighted by Gasteiger charge is 2.62. The summed E-state index contributed by atoms with van der Waals surface area (Å²) in [6.45, 7) is 2.61. The van der Waals surface area contributed by atoms with Crippen LogP contribution in [0.5, 0.6) is 0 Å². The quantitative estimate of drug-likeness (QED) is 0.486. The normalized spacial score (nSPS) is 46.2. The summed E-state index contributed by atoms with van der Waals surface area (Å²) in [6.07, 6.45) is 2.50. The molecule has 1 spiro atoms. The third-order valence-corrected chi connectivity index (χ3v) is 3.40. The molecule has 0 aliphatic carbocycles. The van der Waals surface area contributed by atoms with Gasteiger partial charge in [0.2, 0.25) is 5.79 Å². The molecule has 3 fully saturated rings. The summed E-state index contributed by atoms with van der Waals surface area (Å²) in [4.78, 5) is 11.1. The van der Waals surface area contributed by atoms with Gasteiger partial charge in [0.1, 0.15) is 12.2 Å². The zero-order valence-electron chi connectivity index (χ0n) is 9.31. The van der Waals surface area contributed by atoms with E-state index in [1.165, 1.54) is 6.92 Å². The summed E-state index contributed by atoms with van der Waals surface area (Å²) >= 11 is 0. The number of carbonyl (C=O) groups is 1. The Morgan fingerprint density at radius 2 is 2.25 bits per heavy atom. The van der Waals surface area contributed by atoms with E-state index in [0.29, 0.717) is 13.2 Å². The molecule has 0 aromatic carbocycles. The predicted octanol–water partition coefficient (Wildman–Crippen LogP) is 0.612. The van der Waals surface area contributed by atoms with Crippen molar-refractivity contribution in [2.45, 2.75) is 50.3 Å². The van der Waals surface area contributed by atoms with Crippen molar-refractivity contribution in [1.82, 2.24) is 0 Å². The summed E-state index contributed by atoms with van der Waals surface area (Å²) in [5, 5.41) is 0. The molecule has 0 bridgehead atoms. The van der Waals surface area contributed by atoms with Gasteiger partial charge in [0.15, 0.2) is 6.10 Å². The minimum absolute atomic E-state index is 0.0317. The molecule has 3 heterocycles. The van der Waals surface area contributed by atoms with Crippen molar-refractivity contribution >= 4 is 5.97 Å². The zero-order valence-corrected chi connectivity index (χ0v) is 9.31. The van der Waals surface area contributed by atoms with Crippen LogP contribution in [0, 0.1) is 0 Å². The molecule has 0 amide bonds. The van der Waals surface area contributed by atoms with E-state index in [-0.39, 0.29) is 18.2 Å². The number of esters is 1. The lowest BCUT2D eigenvalue weighted by molar-refractivity contribution is -0.310. The molecule has 0 aromatic rings. The van der Waals surface area contributed by atoms with Crippen molar-refractivity contribution in [2.75, 3.05) is 13.2 Å². The molecule has 3 aliphatic rings. The maximum Gasteiger partial charge on any atom is 0.303 e. The SMILES string of the molecule is CC(=O)O[C@H]1[C@@H]2O[C@@H]2CO[C@@]12CCCCO2. The molecule has 0 unspecified atom stereocenters. The number of hydrogen-bond acceptors (Lipinski definition) is 5. The second kappa shape index (κ2) is 3.68. The summed E-state index contributed by atoms with van der Waals surface area (Å²) in [5.41, 5.74) is 0. The molecule has 3 rings (SSSR count). The Labute approximate surface area is 94.0 Å². The van der Waals surface area contributed by atoms with E-state index >= 15 is 0 Å². The third-order valence-electron chi connectivity index (χ3n) is 3.40. The maximum atomic E-state index is 11.1. The Hall–Kier alpha value is -0.650. The number of rotatable bonds is 1. The molecule has 0 radical (unpaired) electrons. The Kier molecular flexibility index (Phi) is 2.42. The van der Waals surface area contributed by atoms with Crippen LogP contribution in [0.1, 0.15) is 26.2 Å². The molecule has 90 valence electrons.